The van der Waals surface area contributed by atoms with E-state index in [0.29, 0.717) is 0 Å². The second-order valence-corrected chi connectivity index (χ2v) is 8.54. The fraction of sp³-hybridized carbons (Fsp3) is 0.217. The van der Waals surface area contributed by atoms with Gasteiger partial charge in [0, 0.05) is 19.2 Å². The van der Waals surface area contributed by atoms with E-state index in [4.69, 9.17) is 11.6 Å². The molecule has 4 rings (SSSR count). The number of alkyl halides is 8. The number of aromatic amines is 1. The molecule has 2 aromatic heterocycles. The van der Waals surface area contributed by atoms with E-state index in [2.05, 4.69) is 25.6 Å². The van der Waals surface area contributed by atoms with Crippen LogP contribution in [0.2, 0.25) is 5.02 Å². The zero-order valence-electron chi connectivity index (χ0n) is 19.4. The lowest BCUT2D eigenvalue weighted by atomic mass is 10.1. The van der Waals surface area contributed by atoms with E-state index in [1.807, 2.05) is 0 Å². The van der Waals surface area contributed by atoms with Crippen LogP contribution in [0.5, 0.6) is 0 Å². The highest BCUT2D eigenvalue weighted by molar-refractivity contribution is 6.34. The molecular formula is C23H15ClF8N6O. The molecule has 39 heavy (non-hydrogen) atoms. The van der Waals surface area contributed by atoms with Gasteiger partial charge in [-0.2, -0.15) is 45.3 Å². The number of halogens is 9. The average molecular weight is 579 g/mol. The van der Waals surface area contributed by atoms with Crippen molar-refractivity contribution in [2.75, 3.05) is 0 Å². The summed E-state index contributed by atoms with van der Waals surface area (Å²) in [5.41, 5.74) is -5.20. The van der Waals surface area contributed by atoms with Gasteiger partial charge in [0.15, 0.2) is 17.3 Å². The van der Waals surface area contributed by atoms with Crippen LogP contribution in [0.1, 0.15) is 27.2 Å². The smallest absolute Gasteiger partial charge is 0.348 e. The fourth-order valence-electron chi connectivity index (χ4n) is 3.63. The van der Waals surface area contributed by atoms with Crippen LogP contribution in [-0.2, 0) is 25.7 Å². The first-order chi connectivity index (χ1) is 18.1. The molecule has 206 valence electrons. The molecule has 7 nitrogen and oxygen atoms in total. The molecule has 0 saturated carbocycles. The van der Waals surface area contributed by atoms with Crippen LogP contribution in [0.25, 0.3) is 22.9 Å². The summed E-state index contributed by atoms with van der Waals surface area (Å²) in [5.74, 6) is -7.58. The van der Waals surface area contributed by atoms with Crippen molar-refractivity contribution < 1.29 is 39.9 Å². The van der Waals surface area contributed by atoms with Crippen LogP contribution in [0, 0.1) is 0 Å². The summed E-state index contributed by atoms with van der Waals surface area (Å²) >= 11 is 6.13. The molecule has 0 spiro atoms. The first kappa shape index (κ1) is 28.0. The van der Waals surface area contributed by atoms with Crippen molar-refractivity contribution in [2.24, 2.45) is 7.05 Å². The number of carbonyl (C=O) groups is 1. The highest BCUT2D eigenvalue weighted by Crippen LogP contribution is 2.49. The SMILES string of the molecule is Cn1nc(C(F)(F)C(F)(F)F)c(C(F)(F)F)c1-c1nc(-c2ccc(Cl)c(C(=O)NCc3ccccc3)c2)n[nH]1. The van der Waals surface area contributed by atoms with Gasteiger partial charge in [-0.05, 0) is 23.8 Å². The third kappa shape index (κ3) is 5.44. The van der Waals surface area contributed by atoms with Crippen molar-refractivity contribution >= 4 is 17.5 Å². The quantitative estimate of drug-likeness (QED) is 0.270. The second-order valence-electron chi connectivity index (χ2n) is 8.14. The maximum absolute atomic E-state index is 14.0. The van der Waals surface area contributed by atoms with Gasteiger partial charge in [-0.1, -0.05) is 41.9 Å². The first-order valence-electron chi connectivity index (χ1n) is 10.7. The fourth-order valence-corrected chi connectivity index (χ4v) is 3.83. The molecule has 0 fully saturated rings. The van der Waals surface area contributed by atoms with Crippen molar-refractivity contribution in [1.29, 1.82) is 0 Å². The van der Waals surface area contributed by atoms with Crippen LogP contribution in [0.4, 0.5) is 35.1 Å². The van der Waals surface area contributed by atoms with Crippen molar-refractivity contribution in [1.82, 2.24) is 30.3 Å². The molecule has 2 N–H and O–H groups in total. The van der Waals surface area contributed by atoms with Crippen molar-refractivity contribution in [2.45, 2.75) is 24.8 Å². The monoisotopic (exact) mass is 578 g/mol. The van der Waals surface area contributed by atoms with E-state index in [1.165, 1.54) is 18.2 Å². The van der Waals surface area contributed by atoms with E-state index in [-0.39, 0.29) is 33.2 Å². The molecule has 0 atom stereocenters. The Kier molecular flexibility index (Phi) is 7.14. The Balaban J connectivity index is 1.71. The lowest BCUT2D eigenvalue weighted by Crippen LogP contribution is -2.36. The molecule has 1 amide bonds. The normalized spacial score (nSPS) is 12.6. The topological polar surface area (TPSA) is 88.5 Å². The maximum Gasteiger partial charge on any atom is 0.459 e. The van der Waals surface area contributed by atoms with E-state index in [0.717, 1.165) is 12.6 Å². The van der Waals surface area contributed by atoms with E-state index in [9.17, 15) is 39.9 Å². The summed E-state index contributed by atoms with van der Waals surface area (Å²) in [7, 11) is 0.750. The molecule has 4 aromatic rings. The van der Waals surface area contributed by atoms with Crippen LogP contribution >= 0.6 is 11.6 Å². The van der Waals surface area contributed by atoms with Gasteiger partial charge in [-0.3, -0.25) is 14.6 Å². The summed E-state index contributed by atoms with van der Waals surface area (Å²) in [5, 5.41) is 11.4. The third-order valence-corrected chi connectivity index (χ3v) is 5.79. The van der Waals surface area contributed by atoms with E-state index in [1.54, 1.807) is 30.3 Å². The van der Waals surface area contributed by atoms with Gasteiger partial charge in [0.05, 0.1) is 10.6 Å². The largest absolute Gasteiger partial charge is 0.459 e. The highest BCUT2D eigenvalue weighted by atomic mass is 35.5. The number of nitrogens with zero attached hydrogens (tertiary/aromatic N) is 4. The van der Waals surface area contributed by atoms with E-state index < -0.39 is 47.0 Å². The molecule has 0 aliphatic carbocycles. The molecule has 0 unspecified atom stereocenters. The standard InChI is InChI=1S/C23H15ClF8N6O/c1-38-16(15(22(27,28)29)17(37-38)21(25,26)23(30,31)32)19-34-18(35-36-19)12-7-8-14(24)13(9-12)20(39)33-10-11-5-3-2-4-6-11/h2-9H,10H2,1H3,(H,33,39)(H,34,35,36). The number of H-pyrrole nitrogens is 1. The van der Waals surface area contributed by atoms with Crippen molar-refractivity contribution in [3.8, 4) is 22.9 Å². The molecule has 2 aromatic carbocycles. The van der Waals surface area contributed by atoms with Gasteiger partial charge in [-0.15, -0.1) is 0 Å². The summed E-state index contributed by atoms with van der Waals surface area (Å²) in [6.07, 6.45) is -12.0. The number of rotatable bonds is 6. The molecule has 2 heterocycles. The highest BCUT2D eigenvalue weighted by Gasteiger charge is 2.64. The van der Waals surface area contributed by atoms with Gasteiger partial charge >= 0.3 is 18.3 Å². The zero-order valence-corrected chi connectivity index (χ0v) is 20.2. The minimum atomic E-state index is -6.34. The number of carbonyl (C=O) groups excluding carboxylic acids is 1. The Bertz CT molecular complexity index is 1510. The van der Waals surface area contributed by atoms with Crippen LogP contribution in [0.15, 0.2) is 48.5 Å². The van der Waals surface area contributed by atoms with Crippen molar-refractivity contribution in [3.63, 3.8) is 0 Å². The molecular weight excluding hydrogens is 564 g/mol. The molecule has 0 bridgehead atoms. The Morgan fingerprint density at radius 1 is 1.03 bits per heavy atom. The second kappa shape index (κ2) is 9.94. The zero-order chi connectivity index (χ0) is 28.8. The number of amides is 1. The first-order valence-corrected chi connectivity index (χ1v) is 11.1. The number of benzene rings is 2. The minimum Gasteiger partial charge on any atom is -0.348 e. The lowest BCUT2D eigenvalue weighted by Gasteiger charge is -2.19. The number of aromatic nitrogens is 5. The van der Waals surface area contributed by atoms with Crippen LogP contribution < -0.4 is 5.32 Å². The Morgan fingerprint density at radius 2 is 1.69 bits per heavy atom. The molecule has 16 heteroatoms. The van der Waals surface area contributed by atoms with Gasteiger partial charge in [-0.25, -0.2) is 4.98 Å². The number of hydrogen-bond donors (Lipinski definition) is 2. The number of nitrogens with one attached hydrogen (secondary N) is 2. The van der Waals surface area contributed by atoms with Gasteiger partial charge in [0.1, 0.15) is 11.3 Å². The van der Waals surface area contributed by atoms with Gasteiger partial charge < -0.3 is 5.32 Å². The van der Waals surface area contributed by atoms with Crippen LogP contribution in [-0.4, -0.2) is 37.0 Å². The predicted molar refractivity (Wildman–Crippen MR) is 122 cm³/mol. The minimum absolute atomic E-state index is 0.0277. The van der Waals surface area contributed by atoms with E-state index >= 15 is 0 Å². The average Bonchev–Trinajstić information content (AvgIpc) is 3.47. The molecule has 0 radical (unpaired) electrons. The third-order valence-electron chi connectivity index (χ3n) is 5.46. The molecule has 0 aliphatic heterocycles. The number of hydrogen-bond acceptors (Lipinski definition) is 4. The van der Waals surface area contributed by atoms with Crippen molar-refractivity contribution in [3.05, 3.63) is 75.9 Å². The Labute approximate surface area is 218 Å². The Hall–Kier alpha value is -4.01. The summed E-state index contributed by atoms with van der Waals surface area (Å²) in [6, 6.07) is 12.8. The van der Waals surface area contributed by atoms with Crippen LogP contribution in [0.3, 0.4) is 0 Å². The molecule has 0 aliphatic rings. The number of aryl methyl sites for hydroxylation is 1. The van der Waals surface area contributed by atoms with Gasteiger partial charge in [0.2, 0.25) is 0 Å². The summed E-state index contributed by atoms with van der Waals surface area (Å²) in [6.45, 7) is 0.163. The summed E-state index contributed by atoms with van der Waals surface area (Å²) in [4.78, 5) is 16.5. The maximum atomic E-state index is 14.0. The lowest BCUT2D eigenvalue weighted by molar-refractivity contribution is -0.292. The Morgan fingerprint density at radius 3 is 2.31 bits per heavy atom. The summed E-state index contributed by atoms with van der Waals surface area (Å²) < 4.78 is 108. The van der Waals surface area contributed by atoms with Gasteiger partial charge in [0.25, 0.3) is 5.91 Å². The predicted octanol–water partition coefficient (Wildman–Crippen LogP) is 6.13. The molecule has 0 saturated heterocycles.